The van der Waals surface area contributed by atoms with E-state index in [4.69, 9.17) is 22.2 Å². The molecular formula is C9H8BrClN4OS. The first-order chi connectivity index (χ1) is 8.20. The van der Waals surface area contributed by atoms with E-state index in [1.54, 1.807) is 18.2 Å². The summed E-state index contributed by atoms with van der Waals surface area (Å²) in [5.74, 6) is 6.00. The van der Waals surface area contributed by atoms with Gasteiger partial charge in [-0.25, -0.2) is 5.84 Å². The SMILES string of the molecule is NNc1snnc1COc1ccc(Cl)cc1Br. The van der Waals surface area contributed by atoms with Crippen molar-refractivity contribution in [2.24, 2.45) is 5.84 Å². The Bertz CT molecular complexity index is 521. The van der Waals surface area contributed by atoms with Crippen LogP contribution < -0.4 is 16.0 Å². The standard InChI is InChI=1S/C9H8BrClN4OS/c10-6-3-5(11)1-2-8(6)16-4-7-9(13-12)17-15-14-7/h1-3,13H,4,12H2. The molecule has 0 aliphatic rings. The van der Waals surface area contributed by atoms with Gasteiger partial charge in [-0.05, 0) is 34.1 Å². The Balaban J connectivity index is 2.07. The van der Waals surface area contributed by atoms with Crippen LogP contribution in [0.4, 0.5) is 5.00 Å². The zero-order valence-electron chi connectivity index (χ0n) is 8.48. The lowest BCUT2D eigenvalue weighted by Gasteiger charge is -2.07. The first kappa shape index (κ1) is 12.6. The molecule has 3 N–H and O–H groups in total. The molecule has 2 aromatic rings. The molecule has 0 aliphatic heterocycles. The van der Waals surface area contributed by atoms with Gasteiger partial charge in [-0.2, -0.15) is 0 Å². The maximum absolute atomic E-state index is 5.83. The number of hydrogen-bond donors (Lipinski definition) is 2. The Kier molecular flexibility index (Phi) is 4.16. The molecule has 8 heteroatoms. The maximum Gasteiger partial charge on any atom is 0.150 e. The van der Waals surface area contributed by atoms with Gasteiger partial charge in [-0.3, -0.25) is 0 Å². The average molecular weight is 336 g/mol. The molecule has 0 fully saturated rings. The van der Waals surface area contributed by atoms with Crippen molar-refractivity contribution >= 4 is 44.1 Å². The number of nitrogens with zero attached hydrogens (tertiary/aromatic N) is 2. The summed E-state index contributed by atoms with van der Waals surface area (Å²) < 4.78 is 10.1. The van der Waals surface area contributed by atoms with Gasteiger partial charge in [-0.15, -0.1) is 5.10 Å². The first-order valence-corrected chi connectivity index (χ1v) is 6.51. The lowest BCUT2D eigenvalue weighted by atomic mass is 10.3. The predicted octanol–water partition coefficient (Wildman–Crippen LogP) is 2.82. The summed E-state index contributed by atoms with van der Waals surface area (Å²) in [4.78, 5) is 0. The second-order valence-electron chi connectivity index (χ2n) is 3.06. The third-order valence-electron chi connectivity index (χ3n) is 1.95. The zero-order chi connectivity index (χ0) is 12.3. The number of hydrazine groups is 1. The van der Waals surface area contributed by atoms with Crippen molar-refractivity contribution in [2.45, 2.75) is 6.61 Å². The number of nitrogens with two attached hydrogens (primary N) is 1. The van der Waals surface area contributed by atoms with Crippen LogP contribution in [-0.4, -0.2) is 9.59 Å². The van der Waals surface area contributed by atoms with E-state index in [-0.39, 0.29) is 6.61 Å². The highest BCUT2D eigenvalue weighted by Crippen LogP contribution is 2.29. The minimum atomic E-state index is 0.288. The molecule has 5 nitrogen and oxygen atoms in total. The van der Waals surface area contributed by atoms with E-state index in [9.17, 15) is 0 Å². The highest BCUT2D eigenvalue weighted by atomic mass is 79.9. The fourth-order valence-electron chi connectivity index (χ4n) is 1.15. The number of hydrogen-bond acceptors (Lipinski definition) is 6. The minimum absolute atomic E-state index is 0.288. The highest BCUT2D eigenvalue weighted by Gasteiger charge is 2.08. The molecule has 0 atom stereocenters. The molecule has 1 heterocycles. The molecule has 0 saturated heterocycles. The van der Waals surface area contributed by atoms with Crippen molar-refractivity contribution in [3.63, 3.8) is 0 Å². The first-order valence-electron chi connectivity index (χ1n) is 4.56. The zero-order valence-corrected chi connectivity index (χ0v) is 11.6. The molecular weight excluding hydrogens is 328 g/mol. The molecule has 0 bridgehead atoms. The molecule has 0 spiro atoms. The third kappa shape index (κ3) is 3.06. The number of nitrogen functional groups attached to an aromatic ring is 1. The van der Waals surface area contributed by atoms with Crippen LogP contribution in [-0.2, 0) is 6.61 Å². The number of ether oxygens (including phenoxy) is 1. The number of anilines is 1. The van der Waals surface area contributed by atoms with E-state index < -0.39 is 0 Å². The molecule has 0 radical (unpaired) electrons. The second-order valence-corrected chi connectivity index (χ2v) is 5.10. The van der Waals surface area contributed by atoms with Crippen molar-refractivity contribution in [3.05, 3.63) is 33.4 Å². The van der Waals surface area contributed by atoms with Gasteiger partial charge in [0, 0.05) is 16.6 Å². The van der Waals surface area contributed by atoms with E-state index in [1.807, 2.05) is 0 Å². The van der Waals surface area contributed by atoms with Crippen molar-refractivity contribution in [3.8, 4) is 5.75 Å². The van der Waals surface area contributed by atoms with Gasteiger partial charge < -0.3 is 10.2 Å². The van der Waals surface area contributed by atoms with Crippen LogP contribution in [0.25, 0.3) is 0 Å². The van der Waals surface area contributed by atoms with Crippen LogP contribution in [0.15, 0.2) is 22.7 Å². The predicted molar refractivity (Wildman–Crippen MR) is 71.2 cm³/mol. The Hall–Kier alpha value is -0.890. The van der Waals surface area contributed by atoms with Gasteiger partial charge in [0.25, 0.3) is 0 Å². The minimum Gasteiger partial charge on any atom is -0.486 e. The van der Waals surface area contributed by atoms with Crippen molar-refractivity contribution < 1.29 is 4.74 Å². The van der Waals surface area contributed by atoms with Crippen molar-refractivity contribution in [2.75, 3.05) is 5.43 Å². The lowest BCUT2D eigenvalue weighted by Crippen LogP contribution is -2.08. The Morgan fingerprint density at radius 3 is 3.06 bits per heavy atom. The largest absolute Gasteiger partial charge is 0.486 e. The molecule has 2 rings (SSSR count). The van der Waals surface area contributed by atoms with E-state index in [0.717, 1.165) is 4.47 Å². The molecule has 0 aliphatic carbocycles. The van der Waals surface area contributed by atoms with Gasteiger partial charge in [0.2, 0.25) is 0 Å². The van der Waals surface area contributed by atoms with Crippen LogP contribution in [0.2, 0.25) is 5.02 Å². The van der Waals surface area contributed by atoms with Crippen LogP contribution in [0.5, 0.6) is 5.75 Å². The van der Waals surface area contributed by atoms with E-state index in [1.165, 1.54) is 11.5 Å². The average Bonchev–Trinajstić information content (AvgIpc) is 2.75. The van der Waals surface area contributed by atoms with Gasteiger partial charge in [0.15, 0.2) is 5.00 Å². The summed E-state index contributed by atoms with van der Waals surface area (Å²) in [5.41, 5.74) is 3.18. The second kappa shape index (κ2) is 5.63. The molecule has 17 heavy (non-hydrogen) atoms. The maximum atomic E-state index is 5.83. The number of nitrogens with one attached hydrogen (secondary N) is 1. The van der Waals surface area contributed by atoms with Crippen molar-refractivity contribution in [1.82, 2.24) is 9.59 Å². The molecule has 0 amide bonds. The van der Waals surface area contributed by atoms with Gasteiger partial charge in [0.1, 0.15) is 18.1 Å². The number of aromatic nitrogens is 2. The summed E-state index contributed by atoms with van der Waals surface area (Å²) in [7, 11) is 0. The molecule has 90 valence electrons. The molecule has 0 saturated carbocycles. The summed E-state index contributed by atoms with van der Waals surface area (Å²) in [6.45, 7) is 0.288. The topological polar surface area (TPSA) is 73.1 Å². The van der Waals surface area contributed by atoms with Crippen LogP contribution in [0, 0.1) is 0 Å². The van der Waals surface area contributed by atoms with Crippen molar-refractivity contribution in [1.29, 1.82) is 0 Å². The lowest BCUT2D eigenvalue weighted by molar-refractivity contribution is 0.300. The Morgan fingerprint density at radius 1 is 1.53 bits per heavy atom. The van der Waals surface area contributed by atoms with Gasteiger partial charge >= 0.3 is 0 Å². The molecule has 0 unspecified atom stereocenters. The van der Waals surface area contributed by atoms with E-state index in [0.29, 0.717) is 21.5 Å². The Labute approximate surface area is 115 Å². The highest BCUT2D eigenvalue weighted by molar-refractivity contribution is 9.10. The van der Waals surface area contributed by atoms with Crippen LogP contribution in [0.3, 0.4) is 0 Å². The van der Waals surface area contributed by atoms with Gasteiger partial charge in [0.05, 0.1) is 4.47 Å². The summed E-state index contributed by atoms with van der Waals surface area (Å²) in [6.07, 6.45) is 0. The molecule has 1 aromatic carbocycles. The third-order valence-corrected chi connectivity index (χ3v) is 3.50. The van der Waals surface area contributed by atoms with E-state index in [2.05, 4.69) is 30.9 Å². The quantitative estimate of drug-likeness (QED) is 0.664. The Morgan fingerprint density at radius 2 is 2.35 bits per heavy atom. The number of halogens is 2. The number of benzene rings is 1. The fourth-order valence-corrected chi connectivity index (χ4v) is 2.43. The smallest absolute Gasteiger partial charge is 0.150 e. The summed E-state index contributed by atoms with van der Waals surface area (Å²) in [6, 6.07) is 5.29. The number of rotatable bonds is 4. The summed E-state index contributed by atoms with van der Waals surface area (Å²) >= 11 is 10.4. The monoisotopic (exact) mass is 334 g/mol. The van der Waals surface area contributed by atoms with Gasteiger partial charge in [-0.1, -0.05) is 16.1 Å². The fraction of sp³-hybridized carbons (Fsp3) is 0.111. The van der Waals surface area contributed by atoms with Crippen LogP contribution in [0.1, 0.15) is 5.69 Å². The van der Waals surface area contributed by atoms with E-state index >= 15 is 0 Å². The summed E-state index contributed by atoms with van der Waals surface area (Å²) in [5, 5.41) is 5.24. The molecule has 1 aromatic heterocycles. The van der Waals surface area contributed by atoms with Crippen LogP contribution >= 0.6 is 39.1 Å². The normalized spacial score (nSPS) is 10.3.